The van der Waals surface area contributed by atoms with Crippen molar-refractivity contribution in [2.24, 2.45) is 0 Å². The first-order valence-corrected chi connectivity index (χ1v) is 12.9. The van der Waals surface area contributed by atoms with Gasteiger partial charge in [0.15, 0.2) is 9.84 Å². The van der Waals surface area contributed by atoms with Crippen molar-refractivity contribution in [3.05, 3.63) is 75.0 Å². The van der Waals surface area contributed by atoms with Crippen LogP contribution in [0.4, 0.5) is 11.4 Å². The van der Waals surface area contributed by atoms with Crippen LogP contribution in [0.3, 0.4) is 0 Å². The predicted molar refractivity (Wildman–Crippen MR) is 136 cm³/mol. The Hall–Kier alpha value is -2.85. The molecule has 3 aromatic rings. The van der Waals surface area contributed by atoms with Gasteiger partial charge in [-0.25, -0.2) is 13.4 Å². The number of amides is 2. The maximum absolute atomic E-state index is 13.0. The SMILES string of the molecule is CCC(C(=O)Nc1cc(O)c(NC(=O)c2cc(Cl)nc(Cl)c2)cc1Cl)S(=O)(=O)c1cccc(C)c1. The van der Waals surface area contributed by atoms with Gasteiger partial charge in [0.05, 0.1) is 21.3 Å². The van der Waals surface area contributed by atoms with Crippen molar-refractivity contribution < 1.29 is 23.1 Å². The van der Waals surface area contributed by atoms with E-state index < -0.39 is 32.7 Å². The van der Waals surface area contributed by atoms with Crippen molar-refractivity contribution in [2.45, 2.75) is 30.4 Å². The molecule has 1 unspecified atom stereocenters. The molecule has 2 aromatic carbocycles. The molecule has 0 radical (unpaired) electrons. The summed E-state index contributed by atoms with van der Waals surface area (Å²) in [4.78, 5) is 29.2. The van der Waals surface area contributed by atoms with Crippen LogP contribution >= 0.6 is 34.8 Å². The van der Waals surface area contributed by atoms with Crippen LogP contribution in [0.15, 0.2) is 53.4 Å². The number of aryl methyl sites for hydroxylation is 1. The molecule has 0 spiro atoms. The smallest absolute Gasteiger partial charge is 0.255 e. The molecule has 0 aliphatic rings. The molecule has 1 aromatic heterocycles. The van der Waals surface area contributed by atoms with Gasteiger partial charge in [-0.2, -0.15) is 0 Å². The minimum atomic E-state index is -3.98. The van der Waals surface area contributed by atoms with E-state index in [1.165, 1.54) is 30.3 Å². The lowest BCUT2D eigenvalue weighted by molar-refractivity contribution is -0.115. The van der Waals surface area contributed by atoms with Gasteiger partial charge in [0.25, 0.3) is 5.91 Å². The first-order valence-electron chi connectivity index (χ1n) is 10.2. The number of pyridine rings is 1. The van der Waals surface area contributed by atoms with E-state index in [2.05, 4.69) is 15.6 Å². The predicted octanol–water partition coefficient (Wildman–Crippen LogP) is 5.50. The van der Waals surface area contributed by atoms with E-state index >= 15 is 0 Å². The molecule has 35 heavy (non-hydrogen) atoms. The van der Waals surface area contributed by atoms with E-state index in [0.717, 1.165) is 11.6 Å². The molecule has 184 valence electrons. The highest BCUT2D eigenvalue weighted by Crippen LogP contribution is 2.35. The summed E-state index contributed by atoms with van der Waals surface area (Å²) in [5.41, 5.74) is 0.750. The van der Waals surface area contributed by atoms with Gasteiger partial charge in [-0.15, -0.1) is 0 Å². The van der Waals surface area contributed by atoms with Gasteiger partial charge < -0.3 is 15.7 Å². The normalized spacial score (nSPS) is 12.1. The number of anilines is 2. The zero-order chi connectivity index (χ0) is 25.9. The number of rotatable bonds is 7. The van der Waals surface area contributed by atoms with Crippen LogP contribution in [0.25, 0.3) is 0 Å². The van der Waals surface area contributed by atoms with E-state index in [-0.39, 0.29) is 43.6 Å². The van der Waals surface area contributed by atoms with Crippen LogP contribution in [-0.4, -0.2) is 35.6 Å². The number of nitrogens with zero attached hydrogens (tertiary/aromatic N) is 1. The molecular weight excluding hydrogens is 537 g/mol. The van der Waals surface area contributed by atoms with Crippen molar-refractivity contribution in [1.82, 2.24) is 4.98 Å². The van der Waals surface area contributed by atoms with Gasteiger partial charge in [-0.1, -0.05) is 53.9 Å². The number of benzene rings is 2. The van der Waals surface area contributed by atoms with E-state index in [4.69, 9.17) is 34.8 Å². The fourth-order valence-electron chi connectivity index (χ4n) is 3.26. The van der Waals surface area contributed by atoms with E-state index in [0.29, 0.717) is 0 Å². The highest BCUT2D eigenvalue weighted by molar-refractivity contribution is 7.92. The minimum absolute atomic E-state index is 0.00839. The number of aromatic hydroxyl groups is 1. The highest BCUT2D eigenvalue weighted by Gasteiger charge is 2.33. The summed E-state index contributed by atoms with van der Waals surface area (Å²) < 4.78 is 26.1. The lowest BCUT2D eigenvalue weighted by Crippen LogP contribution is -2.34. The molecule has 1 heterocycles. The third-order valence-electron chi connectivity index (χ3n) is 4.97. The van der Waals surface area contributed by atoms with Crippen LogP contribution in [0.1, 0.15) is 29.3 Å². The van der Waals surface area contributed by atoms with Crippen LogP contribution in [0, 0.1) is 6.92 Å². The first-order chi connectivity index (χ1) is 16.4. The molecule has 0 aliphatic carbocycles. The van der Waals surface area contributed by atoms with Crippen LogP contribution in [-0.2, 0) is 14.6 Å². The standard InChI is InChI=1S/C23H20Cl3N3O5S/c1-3-19(35(33,34)14-6-4-5-12(2)7-14)23(32)27-16-11-18(30)17(10-15(16)24)28-22(31)13-8-20(25)29-21(26)9-13/h4-11,19,30H,3H2,1-2H3,(H,27,32)(H,28,31). The number of hydrogen-bond donors (Lipinski definition) is 3. The Kier molecular flexibility index (Phi) is 8.27. The fraction of sp³-hybridized carbons (Fsp3) is 0.174. The summed E-state index contributed by atoms with van der Waals surface area (Å²) in [6.45, 7) is 3.33. The quantitative estimate of drug-likeness (QED) is 0.261. The molecule has 3 N–H and O–H groups in total. The van der Waals surface area contributed by atoms with E-state index in [1.807, 2.05) is 0 Å². The highest BCUT2D eigenvalue weighted by atomic mass is 35.5. The summed E-state index contributed by atoms with van der Waals surface area (Å²) in [7, 11) is -3.98. The van der Waals surface area contributed by atoms with Crippen molar-refractivity contribution >= 4 is 67.8 Å². The molecular formula is C23H20Cl3N3O5S. The molecule has 0 saturated carbocycles. The number of carbonyl (C=O) groups is 2. The number of sulfone groups is 1. The van der Waals surface area contributed by atoms with Gasteiger partial charge >= 0.3 is 0 Å². The van der Waals surface area contributed by atoms with Crippen molar-refractivity contribution in [1.29, 1.82) is 0 Å². The zero-order valence-corrected chi connectivity index (χ0v) is 21.6. The molecule has 2 amide bonds. The molecule has 0 saturated heterocycles. The van der Waals surface area contributed by atoms with Crippen LogP contribution < -0.4 is 10.6 Å². The molecule has 0 fully saturated rings. The average molecular weight is 557 g/mol. The molecule has 3 rings (SSSR count). The van der Waals surface area contributed by atoms with E-state index in [9.17, 15) is 23.1 Å². The Morgan fingerprint density at radius 2 is 1.66 bits per heavy atom. The maximum Gasteiger partial charge on any atom is 0.255 e. The van der Waals surface area contributed by atoms with Gasteiger partial charge in [-0.05, 0) is 49.2 Å². The zero-order valence-electron chi connectivity index (χ0n) is 18.5. The average Bonchev–Trinajstić information content (AvgIpc) is 2.76. The van der Waals surface area contributed by atoms with Gasteiger partial charge in [0.1, 0.15) is 21.3 Å². The summed E-state index contributed by atoms with van der Waals surface area (Å²) in [5, 5.41) is 13.9. The van der Waals surface area contributed by atoms with Crippen LogP contribution in [0.2, 0.25) is 15.3 Å². The largest absolute Gasteiger partial charge is 0.506 e. The topological polar surface area (TPSA) is 125 Å². The number of phenolic OH excluding ortho intramolecular Hbond substituents is 1. The number of halogens is 3. The van der Waals surface area contributed by atoms with Crippen LogP contribution in [0.5, 0.6) is 5.75 Å². The summed E-state index contributed by atoms with van der Waals surface area (Å²) >= 11 is 17.9. The number of hydrogen-bond acceptors (Lipinski definition) is 6. The third kappa shape index (κ3) is 6.24. The summed E-state index contributed by atoms with van der Waals surface area (Å²) in [6.07, 6.45) is 0.0108. The fourth-order valence-corrected chi connectivity index (χ4v) is 5.66. The first kappa shape index (κ1) is 26.7. The van der Waals surface area contributed by atoms with Crippen molar-refractivity contribution in [2.75, 3.05) is 10.6 Å². The Morgan fingerprint density at radius 1 is 1.00 bits per heavy atom. The number of aromatic nitrogens is 1. The molecule has 0 bridgehead atoms. The molecule has 8 nitrogen and oxygen atoms in total. The summed E-state index contributed by atoms with van der Waals surface area (Å²) in [5.74, 6) is -1.87. The second-order valence-electron chi connectivity index (χ2n) is 7.55. The lowest BCUT2D eigenvalue weighted by atomic mass is 10.2. The lowest BCUT2D eigenvalue weighted by Gasteiger charge is -2.18. The second-order valence-corrected chi connectivity index (χ2v) is 10.9. The Balaban J connectivity index is 1.82. The molecule has 1 atom stereocenters. The van der Waals surface area contributed by atoms with Crippen molar-refractivity contribution in [3.63, 3.8) is 0 Å². The van der Waals surface area contributed by atoms with Gasteiger partial charge in [-0.3, -0.25) is 9.59 Å². The van der Waals surface area contributed by atoms with Crippen molar-refractivity contribution in [3.8, 4) is 5.75 Å². The maximum atomic E-state index is 13.0. The number of carbonyl (C=O) groups excluding carboxylic acids is 2. The summed E-state index contributed by atoms with van der Waals surface area (Å²) in [6, 6.07) is 11.2. The molecule has 0 aliphatic heterocycles. The monoisotopic (exact) mass is 555 g/mol. The second kappa shape index (κ2) is 10.8. The van der Waals surface area contributed by atoms with Gasteiger partial charge in [0, 0.05) is 11.6 Å². The minimum Gasteiger partial charge on any atom is -0.506 e. The molecule has 12 heteroatoms. The van der Waals surface area contributed by atoms with E-state index in [1.54, 1.807) is 26.0 Å². The Morgan fingerprint density at radius 3 is 2.26 bits per heavy atom. The third-order valence-corrected chi connectivity index (χ3v) is 7.88. The Labute approximate surface area is 217 Å². The van der Waals surface area contributed by atoms with Gasteiger partial charge in [0.2, 0.25) is 5.91 Å². The number of nitrogens with one attached hydrogen (secondary N) is 2. The number of phenols is 1. The Bertz CT molecular complexity index is 1390.